The zero-order chi connectivity index (χ0) is 13.4. The van der Waals surface area contributed by atoms with Gasteiger partial charge in [-0.15, -0.1) is 0 Å². The molecule has 0 heterocycles. The second kappa shape index (κ2) is 8.52. The van der Waals surface area contributed by atoms with E-state index in [0.29, 0.717) is 12.1 Å². The van der Waals surface area contributed by atoms with E-state index in [1.807, 2.05) is 0 Å². The average Bonchev–Trinajstić information content (AvgIpc) is 2.35. The quantitative estimate of drug-likeness (QED) is 0.654. The Morgan fingerprint density at radius 1 is 1.22 bits per heavy atom. The Kier molecular flexibility index (Phi) is 7.33. The standard InChI is InChI=1S/C15H30N2O/c1-3-4-5-6-7-12(2)17-14-10-8-13(9-11-14)15(16)18/h12-14,17H,3-11H2,1-2H3,(H2,16,18). The number of carbonyl (C=O) groups is 1. The molecule has 3 heteroatoms. The van der Waals surface area contributed by atoms with Crippen LogP contribution >= 0.6 is 0 Å². The molecule has 3 N–H and O–H groups in total. The molecule has 0 aliphatic heterocycles. The van der Waals surface area contributed by atoms with Gasteiger partial charge in [-0.3, -0.25) is 4.79 Å². The summed E-state index contributed by atoms with van der Waals surface area (Å²) >= 11 is 0. The summed E-state index contributed by atoms with van der Waals surface area (Å²) < 4.78 is 0. The van der Waals surface area contributed by atoms with Gasteiger partial charge in [-0.25, -0.2) is 0 Å². The molecule has 0 bridgehead atoms. The minimum absolute atomic E-state index is 0.110. The largest absolute Gasteiger partial charge is 0.369 e. The van der Waals surface area contributed by atoms with Crippen molar-refractivity contribution in [2.75, 3.05) is 0 Å². The van der Waals surface area contributed by atoms with Crippen LogP contribution in [-0.2, 0) is 4.79 Å². The molecule has 1 saturated carbocycles. The van der Waals surface area contributed by atoms with Crippen molar-refractivity contribution in [3.05, 3.63) is 0 Å². The van der Waals surface area contributed by atoms with Crippen molar-refractivity contribution in [3.8, 4) is 0 Å². The third-order valence-corrected chi connectivity index (χ3v) is 4.14. The van der Waals surface area contributed by atoms with Gasteiger partial charge < -0.3 is 11.1 Å². The number of unbranched alkanes of at least 4 members (excludes halogenated alkanes) is 3. The van der Waals surface area contributed by atoms with Gasteiger partial charge in [-0.05, 0) is 39.0 Å². The first kappa shape index (κ1) is 15.5. The molecule has 0 aromatic carbocycles. The number of carbonyl (C=O) groups excluding carboxylic acids is 1. The topological polar surface area (TPSA) is 55.1 Å². The van der Waals surface area contributed by atoms with E-state index in [9.17, 15) is 4.79 Å². The second-order valence-corrected chi connectivity index (χ2v) is 5.87. The lowest BCUT2D eigenvalue weighted by molar-refractivity contribution is -0.122. The highest BCUT2D eigenvalue weighted by Crippen LogP contribution is 2.24. The molecule has 1 rings (SSSR count). The van der Waals surface area contributed by atoms with Gasteiger partial charge in [0.1, 0.15) is 0 Å². The van der Waals surface area contributed by atoms with Crippen molar-refractivity contribution in [2.24, 2.45) is 11.7 Å². The normalized spacial score (nSPS) is 25.9. The molecule has 106 valence electrons. The van der Waals surface area contributed by atoms with Crippen LogP contribution in [0.15, 0.2) is 0 Å². The first-order valence-corrected chi connectivity index (χ1v) is 7.68. The third kappa shape index (κ3) is 5.85. The minimum atomic E-state index is -0.110. The van der Waals surface area contributed by atoms with Crippen LogP contribution < -0.4 is 11.1 Å². The van der Waals surface area contributed by atoms with Gasteiger partial charge in [-0.1, -0.05) is 32.6 Å². The summed E-state index contributed by atoms with van der Waals surface area (Å²) in [7, 11) is 0. The molecule has 1 atom stereocenters. The Morgan fingerprint density at radius 3 is 2.44 bits per heavy atom. The lowest BCUT2D eigenvalue weighted by atomic mass is 9.85. The van der Waals surface area contributed by atoms with Gasteiger partial charge in [0.15, 0.2) is 0 Å². The maximum Gasteiger partial charge on any atom is 0.220 e. The summed E-state index contributed by atoms with van der Waals surface area (Å²) in [6, 6.07) is 1.21. The molecule has 0 aromatic rings. The molecule has 0 spiro atoms. The first-order chi connectivity index (χ1) is 8.63. The summed E-state index contributed by atoms with van der Waals surface area (Å²) in [5.74, 6) is 0.0176. The fourth-order valence-electron chi connectivity index (χ4n) is 2.91. The molecule has 1 aliphatic carbocycles. The number of nitrogens with two attached hydrogens (primary N) is 1. The Bertz CT molecular complexity index is 235. The summed E-state index contributed by atoms with van der Waals surface area (Å²) in [5.41, 5.74) is 5.35. The van der Waals surface area contributed by atoms with Gasteiger partial charge in [0.2, 0.25) is 5.91 Å². The predicted molar refractivity (Wildman–Crippen MR) is 76.3 cm³/mol. The Morgan fingerprint density at radius 2 is 1.89 bits per heavy atom. The fourth-order valence-corrected chi connectivity index (χ4v) is 2.91. The van der Waals surface area contributed by atoms with E-state index in [4.69, 9.17) is 5.73 Å². The van der Waals surface area contributed by atoms with E-state index < -0.39 is 0 Å². The first-order valence-electron chi connectivity index (χ1n) is 7.68. The second-order valence-electron chi connectivity index (χ2n) is 5.87. The molecular weight excluding hydrogens is 224 g/mol. The third-order valence-electron chi connectivity index (χ3n) is 4.14. The Hall–Kier alpha value is -0.570. The van der Waals surface area contributed by atoms with Gasteiger partial charge >= 0.3 is 0 Å². The molecule has 0 aromatic heterocycles. The van der Waals surface area contributed by atoms with Crippen molar-refractivity contribution < 1.29 is 4.79 Å². The van der Waals surface area contributed by atoms with Gasteiger partial charge in [0.05, 0.1) is 0 Å². The van der Waals surface area contributed by atoms with Crippen LogP contribution in [0, 0.1) is 5.92 Å². The predicted octanol–water partition coefficient (Wildman–Crippen LogP) is 2.98. The van der Waals surface area contributed by atoms with Crippen molar-refractivity contribution in [1.82, 2.24) is 5.32 Å². The molecule has 18 heavy (non-hydrogen) atoms. The van der Waals surface area contributed by atoms with E-state index in [1.165, 1.54) is 32.1 Å². The highest BCUT2D eigenvalue weighted by atomic mass is 16.1. The van der Waals surface area contributed by atoms with Crippen LogP contribution in [0.2, 0.25) is 0 Å². The molecule has 3 nitrogen and oxygen atoms in total. The monoisotopic (exact) mass is 254 g/mol. The van der Waals surface area contributed by atoms with E-state index in [0.717, 1.165) is 25.7 Å². The van der Waals surface area contributed by atoms with Crippen LogP contribution in [0.1, 0.15) is 71.6 Å². The minimum Gasteiger partial charge on any atom is -0.369 e. The Labute approximate surface area is 112 Å². The molecule has 0 radical (unpaired) electrons. The summed E-state index contributed by atoms with van der Waals surface area (Å²) in [5, 5.41) is 3.70. The van der Waals surface area contributed by atoms with Crippen LogP contribution in [-0.4, -0.2) is 18.0 Å². The van der Waals surface area contributed by atoms with Crippen LogP contribution in [0.5, 0.6) is 0 Å². The fraction of sp³-hybridized carbons (Fsp3) is 0.933. The Balaban J connectivity index is 2.10. The van der Waals surface area contributed by atoms with Gasteiger partial charge in [0.25, 0.3) is 0 Å². The molecule has 1 fully saturated rings. The summed E-state index contributed by atoms with van der Waals surface area (Å²) in [4.78, 5) is 11.1. The molecule has 0 saturated heterocycles. The maximum atomic E-state index is 11.1. The van der Waals surface area contributed by atoms with Crippen molar-refractivity contribution in [2.45, 2.75) is 83.7 Å². The van der Waals surface area contributed by atoms with Crippen molar-refractivity contribution in [1.29, 1.82) is 0 Å². The zero-order valence-electron chi connectivity index (χ0n) is 12.1. The number of amides is 1. The number of rotatable bonds is 8. The maximum absolute atomic E-state index is 11.1. The number of primary amides is 1. The molecular formula is C15H30N2O. The lowest BCUT2D eigenvalue weighted by Gasteiger charge is -2.30. The molecule has 1 unspecified atom stereocenters. The highest BCUT2D eigenvalue weighted by molar-refractivity contribution is 5.76. The van der Waals surface area contributed by atoms with Crippen LogP contribution in [0.4, 0.5) is 0 Å². The number of hydrogen-bond donors (Lipinski definition) is 2. The molecule has 1 aliphatic rings. The van der Waals surface area contributed by atoms with Crippen molar-refractivity contribution in [3.63, 3.8) is 0 Å². The van der Waals surface area contributed by atoms with Gasteiger partial charge in [-0.2, -0.15) is 0 Å². The van der Waals surface area contributed by atoms with E-state index in [1.54, 1.807) is 0 Å². The van der Waals surface area contributed by atoms with Crippen LogP contribution in [0.3, 0.4) is 0 Å². The smallest absolute Gasteiger partial charge is 0.220 e. The number of nitrogens with one attached hydrogen (secondary N) is 1. The van der Waals surface area contributed by atoms with Gasteiger partial charge in [0, 0.05) is 18.0 Å². The van der Waals surface area contributed by atoms with E-state index in [-0.39, 0.29) is 11.8 Å². The average molecular weight is 254 g/mol. The lowest BCUT2D eigenvalue weighted by Crippen LogP contribution is -2.40. The SMILES string of the molecule is CCCCCCC(C)NC1CCC(C(N)=O)CC1. The van der Waals surface area contributed by atoms with E-state index >= 15 is 0 Å². The summed E-state index contributed by atoms with van der Waals surface area (Å²) in [6.45, 7) is 4.53. The summed E-state index contributed by atoms with van der Waals surface area (Å²) in [6.07, 6.45) is 10.8. The zero-order valence-corrected chi connectivity index (χ0v) is 12.1. The number of hydrogen-bond acceptors (Lipinski definition) is 2. The highest BCUT2D eigenvalue weighted by Gasteiger charge is 2.24. The molecule has 1 amide bonds. The van der Waals surface area contributed by atoms with Crippen molar-refractivity contribution >= 4 is 5.91 Å². The van der Waals surface area contributed by atoms with Crippen LogP contribution in [0.25, 0.3) is 0 Å². The van der Waals surface area contributed by atoms with E-state index in [2.05, 4.69) is 19.2 Å².